The zero-order valence-corrected chi connectivity index (χ0v) is 19.3. The van der Waals surface area contributed by atoms with Crippen LogP contribution < -0.4 is 20.7 Å². The number of aromatic nitrogens is 4. The maximum absolute atomic E-state index is 9.99. The van der Waals surface area contributed by atoms with Crippen LogP contribution in [0.4, 0.5) is 17.5 Å². The summed E-state index contributed by atoms with van der Waals surface area (Å²) in [6.07, 6.45) is 1.98. The van der Waals surface area contributed by atoms with Crippen LogP contribution in [0.15, 0.2) is 24.3 Å². The van der Waals surface area contributed by atoms with E-state index in [0.717, 1.165) is 54.3 Å². The second kappa shape index (κ2) is 10.3. The lowest BCUT2D eigenvalue weighted by Crippen LogP contribution is -2.27. The number of nitrogens with one attached hydrogen (secondary N) is 4. The Morgan fingerprint density at radius 3 is 2.64 bits per heavy atom. The highest BCUT2D eigenvalue weighted by Crippen LogP contribution is 2.33. The molecule has 4 N–H and O–H groups in total. The highest BCUT2D eigenvalue weighted by molar-refractivity contribution is 5.64. The minimum Gasteiger partial charge on any atom is -0.490 e. The molecule has 3 aromatic rings. The first-order valence-corrected chi connectivity index (χ1v) is 11.3. The van der Waals surface area contributed by atoms with Crippen LogP contribution >= 0.6 is 0 Å². The number of hydrogen-bond acceptors (Lipinski definition) is 8. The van der Waals surface area contributed by atoms with Crippen LogP contribution in [-0.2, 0) is 0 Å². The van der Waals surface area contributed by atoms with Gasteiger partial charge in [-0.05, 0) is 76.4 Å². The van der Waals surface area contributed by atoms with Crippen LogP contribution in [0.1, 0.15) is 47.0 Å². The first-order chi connectivity index (χ1) is 16.0. The summed E-state index contributed by atoms with van der Waals surface area (Å²) < 4.78 is 5.89. The van der Waals surface area contributed by atoms with Gasteiger partial charge in [-0.15, -0.1) is 0 Å². The molecular formula is C24H30N8O. The Balaban J connectivity index is 1.53. The minimum absolute atomic E-state index is 0.309. The molecule has 0 unspecified atom stereocenters. The summed E-state index contributed by atoms with van der Waals surface area (Å²) in [7, 11) is 0. The van der Waals surface area contributed by atoms with Crippen molar-refractivity contribution in [1.29, 1.82) is 5.26 Å². The van der Waals surface area contributed by atoms with E-state index in [9.17, 15) is 5.26 Å². The number of pyridine rings is 2. The van der Waals surface area contributed by atoms with Crippen LogP contribution in [-0.4, -0.2) is 46.4 Å². The van der Waals surface area contributed by atoms with Crippen molar-refractivity contribution < 1.29 is 4.74 Å². The number of aryl methyl sites for hydroxylation is 3. The molecule has 9 nitrogen and oxygen atoms in total. The standard InChI is InChI=1S/C24H30N8O/c1-15-4-5-21(17(3)28-15)33-11-10-27-24-20(14-25)19(18-6-8-26-9-7-18)13-22(30-24)29-23-12-16(2)31-32-23/h4-5,12-13,18,26H,6-11H2,1-3H3,(H3,27,29,30,31,32). The van der Waals surface area contributed by atoms with Crippen LogP contribution in [0.2, 0.25) is 0 Å². The number of rotatable bonds is 8. The van der Waals surface area contributed by atoms with E-state index >= 15 is 0 Å². The van der Waals surface area contributed by atoms with Crippen molar-refractivity contribution in [2.45, 2.75) is 39.5 Å². The third-order valence-corrected chi connectivity index (χ3v) is 5.73. The maximum Gasteiger partial charge on any atom is 0.153 e. The number of H-pyrrole nitrogens is 1. The van der Waals surface area contributed by atoms with Gasteiger partial charge in [-0.1, -0.05) is 0 Å². The molecule has 1 aliphatic heterocycles. The fourth-order valence-electron chi connectivity index (χ4n) is 4.10. The molecule has 4 rings (SSSR count). The lowest BCUT2D eigenvalue weighted by molar-refractivity contribution is 0.328. The van der Waals surface area contributed by atoms with E-state index in [4.69, 9.17) is 9.72 Å². The number of nitrogens with zero attached hydrogens (tertiary/aromatic N) is 4. The number of aromatic amines is 1. The molecule has 9 heteroatoms. The Labute approximate surface area is 194 Å². The molecule has 1 aliphatic rings. The molecule has 0 radical (unpaired) electrons. The fourth-order valence-corrected chi connectivity index (χ4v) is 4.10. The number of nitriles is 1. The van der Waals surface area contributed by atoms with Crippen molar-refractivity contribution in [2.75, 3.05) is 36.9 Å². The van der Waals surface area contributed by atoms with E-state index in [0.29, 0.717) is 42.1 Å². The molecule has 33 heavy (non-hydrogen) atoms. The molecule has 0 aromatic carbocycles. The maximum atomic E-state index is 9.99. The van der Waals surface area contributed by atoms with Crippen molar-refractivity contribution >= 4 is 17.5 Å². The van der Waals surface area contributed by atoms with Gasteiger partial charge in [0, 0.05) is 17.5 Å². The molecule has 0 spiro atoms. The molecule has 4 heterocycles. The highest BCUT2D eigenvalue weighted by atomic mass is 16.5. The molecule has 0 bridgehead atoms. The van der Waals surface area contributed by atoms with E-state index in [1.165, 1.54) is 0 Å². The quantitative estimate of drug-likeness (QED) is 0.386. The zero-order chi connectivity index (χ0) is 23.2. The van der Waals surface area contributed by atoms with Crippen LogP contribution in [0.3, 0.4) is 0 Å². The van der Waals surface area contributed by atoms with Gasteiger partial charge in [0.25, 0.3) is 0 Å². The number of piperidine rings is 1. The first kappa shape index (κ1) is 22.6. The van der Waals surface area contributed by atoms with Gasteiger partial charge in [0.2, 0.25) is 0 Å². The topological polar surface area (TPSA) is 124 Å². The Hall–Kier alpha value is -3.64. The van der Waals surface area contributed by atoms with Crippen molar-refractivity contribution in [1.82, 2.24) is 25.5 Å². The van der Waals surface area contributed by atoms with Crippen molar-refractivity contribution in [3.05, 3.63) is 52.5 Å². The zero-order valence-electron chi connectivity index (χ0n) is 19.3. The molecule has 3 aromatic heterocycles. The van der Waals surface area contributed by atoms with Crippen molar-refractivity contribution in [2.24, 2.45) is 0 Å². The number of ether oxygens (including phenoxy) is 1. The summed E-state index contributed by atoms with van der Waals surface area (Å²) in [6.45, 7) is 8.66. The van der Waals surface area contributed by atoms with Gasteiger partial charge < -0.3 is 20.7 Å². The van der Waals surface area contributed by atoms with Gasteiger partial charge in [-0.25, -0.2) is 4.98 Å². The first-order valence-electron chi connectivity index (χ1n) is 11.3. The second-order valence-corrected chi connectivity index (χ2v) is 8.33. The normalized spacial score (nSPS) is 14.0. The minimum atomic E-state index is 0.309. The van der Waals surface area contributed by atoms with E-state index in [1.54, 1.807) is 0 Å². The SMILES string of the molecule is Cc1ccc(OCCNc2nc(Nc3cc(C)[nH]n3)cc(C3CCNCC3)c2C#N)c(C)n1. The lowest BCUT2D eigenvalue weighted by Gasteiger charge is -2.25. The Kier molecular flexibility index (Phi) is 7.05. The highest BCUT2D eigenvalue weighted by Gasteiger charge is 2.22. The summed E-state index contributed by atoms with van der Waals surface area (Å²) in [6, 6.07) is 10.2. The lowest BCUT2D eigenvalue weighted by atomic mass is 9.87. The summed E-state index contributed by atoms with van der Waals surface area (Å²) >= 11 is 0. The van der Waals surface area contributed by atoms with Gasteiger partial charge in [0.05, 0.1) is 17.8 Å². The smallest absolute Gasteiger partial charge is 0.153 e. The van der Waals surface area contributed by atoms with Crippen LogP contribution in [0.25, 0.3) is 0 Å². The Bertz CT molecular complexity index is 1140. The van der Waals surface area contributed by atoms with Gasteiger partial charge in [0.1, 0.15) is 30.1 Å². The van der Waals surface area contributed by atoms with Gasteiger partial charge >= 0.3 is 0 Å². The molecule has 0 atom stereocenters. The van der Waals surface area contributed by atoms with Crippen molar-refractivity contribution in [3.8, 4) is 11.8 Å². The van der Waals surface area contributed by atoms with Gasteiger partial charge in [-0.2, -0.15) is 10.4 Å². The molecule has 0 saturated carbocycles. The largest absolute Gasteiger partial charge is 0.490 e. The summed E-state index contributed by atoms with van der Waals surface area (Å²) in [5.74, 6) is 2.98. The monoisotopic (exact) mass is 446 g/mol. The van der Waals surface area contributed by atoms with Gasteiger partial charge in [-0.3, -0.25) is 10.1 Å². The molecule has 0 amide bonds. The van der Waals surface area contributed by atoms with Crippen LogP contribution in [0.5, 0.6) is 5.75 Å². The fraction of sp³-hybridized carbons (Fsp3) is 0.417. The summed E-state index contributed by atoms with van der Waals surface area (Å²) in [5.41, 5.74) is 4.40. The van der Waals surface area contributed by atoms with E-state index in [-0.39, 0.29) is 0 Å². The summed E-state index contributed by atoms with van der Waals surface area (Å²) in [5, 5.41) is 27.1. The second-order valence-electron chi connectivity index (χ2n) is 8.33. The Morgan fingerprint density at radius 1 is 1.12 bits per heavy atom. The molecule has 0 aliphatic carbocycles. The van der Waals surface area contributed by atoms with E-state index < -0.39 is 0 Å². The van der Waals surface area contributed by atoms with Gasteiger partial charge in [0.15, 0.2) is 5.82 Å². The predicted octanol–water partition coefficient (Wildman–Crippen LogP) is 3.70. The van der Waals surface area contributed by atoms with Crippen molar-refractivity contribution in [3.63, 3.8) is 0 Å². The molecule has 172 valence electrons. The number of hydrogen-bond donors (Lipinski definition) is 4. The Morgan fingerprint density at radius 2 is 1.94 bits per heavy atom. The average molecular weight is 447 g/mol. The van der Waals surface area contributed by atoms with E-state index in [2.05, 4.69) is 37.2 Å². The van der Waals surface area contributed by atoms with Crippen LogP contribution in [0, 0.1) is 32.1 Å². The third kappa shape index (κ3) is 5.59. The predicted molar refractivity (Wildman–Crippen MR) is 128 cm³/mol. The van der Waals surface area contributed by atoms with E-state index in [1.807, 2.05) is 45.0 Å². The molecule has 1 fully saturated rings. The number of anilines is 3. The average Bonchev–Trinajstić information content (AvgIpc) is 3.22. The molecular weight excluding hydrogens is 416 g/mol. The third-order valence-electron chi connectivity index (χ3n) is 5.73. The molecule has 1 saturated heterocycles. The summed E-state index contributed by atoms with van der Waals surface area (Å²) in [4.78, 5) is 9.13.